The molecule has 0 unspecified atom stereocenters. The van der Waals surface area contributed by atoms with Crippen LogP contribution in [0.1, 0.15) is 6.92 Å². The molecule has 0 aromatic rings. The number of rotatable bonds is 2. The molecule has 1 rings (SSSR count). The number of β-amino-alcohol motifs (C(OH)–C–C–N with tert-alkyl or cyclic N) is 1. The van der Waals surface area contributed by atoms with Gasteiger partial charge in [0.2, 0.25) is 0 Å². The monoisotopic (exact) mass is 147 g/mol. The molecule has 0 bridgehead atoms. The summed E-state index contributed by atoms with van der Waals surface area (Å²) in [6.07, 6.45) is -0.116. The normalized spacial score (nSPS) is 35.3. The fraction of sp³-hybridized carbons (Fsp3) is 1.00. The van der Waals surface area contributed by atoms with E-state index in [9.17, 15) is 5.11 Å². The first kappa shape index (κ1) is 7.38. The summed E-state index contributed by atoms with van der Waals surface area (Å²) in [6, 6.07) is 0. The van der Waals surface area contributed by atoms with E-state index >= 15 is 0 Å². The van der Waals surface area contributed by atoms with Gasteiger partial charge in [0.15, 0.2) is 0 Å². The summed E-state index contributed by atoms with van der Waals surface area (Å²) in [4.78, 5) is 0. The number of aliphatic hydroxyl groups excluding tert-OH is 1. The summed E-state index contributed by atoms with van der Waals surface area (Å²) in [7, 11) is 0. The Balaban J connectivity index is 2.22. The Bertz CT molecular complexity index is 89.1. The van der Waals surface area contributed by atoms with Crippen molar-refractivity contribution in [3.63, 3.8) is 0 Å². The van der Waals surface area contributed by atoms with Crippen molar-refractivity contribution in [2.45, 2.75) is 18.3 Å². The molecule has 0 aliphatic carbocycles. The highest BCUT2D eigenvalue weighted by Crippen LogP contribution is 2.16. The van der Waals surface area contributed by atoms with Crippen molar-refractivity contribution in [2.75, 3.05) is 18.8 Å². The van der Waals surface area contributed by atoms with Gasteiger partial charge >= 0.3 is 0 Å². The lowest BCUT2D eigenvalue weighted by Crippen LogP contribution is -2.20. The largest absolute Gasteiger partial charge is 0.391 e. The zero-order valence-corrected chi connectivity index (χ0v) is 6.45. The molecule has 1 heterocycles. The van der Waals surface area contributed by atoms with Crippen molar-refractivity contribution in [3.05, 3.63) is 0 Å². The van der Waals surface area contributed by atoms with Crippen LogP contribution in [0.3, 0.4) is 0 Å². The average Bonchev–Trinajstić information content (AvgIpc) is 2.18. The molecule has 0 radical (unpaired) electrons. The fourth-order valence-corrected chi connectivity index (χ4v) is 2.01. The molecule has 3 heteroatoms. The van der Waals surface area contributed by atoms with E-state index in [0.29, 0.717) is 5.25 Å². The summed E-state index contributed by atoms with van der Waals surface area (Å²) in [6.45, 7) is 3.87. The Morgan fingerprint density at radius 2 is 2.44 bits per heavy atom. The minimum atomic E-state index is -0.116. The smallest absolute Gasteiger partial charge is 0.0795 e. The van der Waals surface area contributed by atoms with E-state index in [-0.39, 0.29) is 6.10 Å². The molecule has 2 N–H and O–H groups in total. The minimum Gasteiger partial charge on any atom is -0.391 e. The number of hydrogen-bond acceptors (Lipinski definition) is 3. The van der Waals surface area contributed by atoms with Crippen LogP contribution in [0.5, 0.6) is 0 Å². The second-order valence-corrected chi connectivity index (χ2v) is 3.74. The quantitative estimate of drug-likeness (QED) is 0.580. The Hall–Kier alpha value is 0.270. The first-order chi connectivity index (χ1) is 4.34. The van der Waals surface area contributed by atoms with Crippen molar-refractivity contribution < 1.29 is 5.11 Å². The Morgan fingerprint density at radius 3 is 2.89 bits per heavy atom. The molecule has 1 aliphatic heterocycles. The maximum absolute atomic E-state index is 9.24. The molecule has 1 aliphatic rings. The average molecular weight is 147 g/mol. The molecule has 9 heavy (non-hydrogen) atoms. The molecule has 0 amide bonds. The van der Waals surface area contributed by atoms with Gasteiger partial charge < -0.3 is 10.4 Å². The van der Waals surface area contributed by atoms with Gasteiger partial charge in [0.1, 0.15) is 0 Å². The van der Waals surface area contributed by atoms with Gasteiger partial charge in [-0.15, -0.1) is 0 Å². The summed E-state index contributed by atoms with van der Waals surface area (Å²) in [5, 5.41) is 12.8. The van der Waals surface area contributed by atoms with Crippen molar-refractivity contribution in [1.82, 2.24) is 5.32 Å². The van der Waals surface area contributed by atoms with E-state index in [1.54, 1.807) is 0 Å². The highest BCUT2D eigenvalue weighted by Gasteiger charge is 2.23. The molecule has 1 fully saturated rings. The predicted octanol–water partition coefficient (Wildman–Crippen LogP) is 0.0722. The molecule has 0 aromatic carbocycles. The SMILES string of the molecule is CCS[C@@H]1CNC[C@H]1O. The van der Waals surface area contributed by atoms with Crippen molar-refractivity contribution >= 4 is 11.8 Å². The molecular formula is C6H13NOS. The van der Waals surface area contributed by atoms with Gasteiger partial charge in [-0.2, -0.15) is 11.8 Å². The lowest BCUT2D eigenvalue weighted by molar-refractivity contribution is 0.201. The lowest BCUT2D eigenvalue weighted by atomic mass is 10.3. The first-order valence-electron chi connectivity index (χ1n) is 3.35. The second-order valence-electron chi connectivity index (χ2n) is 2.22. The third-order valence-corrected chi connectivity index (χ3v) is 2.75. The third kappa shape index (κ3) is 1.85. The highest BCUT2D eigenvalue weighted by molar-refractivity contribution is 7.99. The molecule has 0 spiro atoms. The van der Waals surface area contributed by atoms with Gasteiger partial charge in [0, 0.05) is 18.3 Å². The van der Waals surface area contributed by atoms with Crippen LogP contribution in [0.4, 0.5) is 0 Å². The van der Waals surface area contributed by atoms with Gasteiger partial charge in [-0.3, -0.25) is 0 Å². The maximum atomic E-state index is 9.24. The topological polar surface area (TPSA) is 32.3 Å². The van der Waals surface area contributed by atoms with Crippen LogP contribution in [-0.4, -0.2) is 35.3 Å². The van der Waals surface area contributed by atoms with Crippen LogP contribution in [0.2, 0.25) is 0 Å². The number of thioether (sulfide) groups is 1. The molecule has 0 aromatic heterocycles. The second kappa shape index (κ2) is 3.44. The van der Waals surface area contributed by atoms with Gasteiger partial charge in [0.25, 0.3) is 0 Å². The molecule has 54 valence electrons. The minimum absolute atomic E-state index is 0.116. The molecule has 1 saturated heterocycles. The molecular weight excluding hydrogens is 134 g/mol. The van der Waals surface area contributed by atoms with Crippen LogP contribution < -0.4 is 5.32 Å². The van der Waals surface area contributed by atoms with E-state index in [1.807, 2.05) is 11.8 Å². The predicted molar refractivity (Wildman–Crippen MR) is 40.8 cm³/mol. The van der Waals surface area contributed by atoms with Gasteiger partial charge in [-0.1, -0.05) is 6.92 Å². The number of aliphatic hydroxyl groups is 1. The van der Waals surface area contributed by atoms with Gasteiger partial charge in [-0.25, -0.2) is 0 Å². The van der Waals surface area contributed by atoms with Crippen LogP contribution in [0.25, 0.3) is 0 Å². The number of nitrogens with one attached hydrogen (secondary N) is 1. The van der Waals surface area contributed by atoms with Crippen LogP contribution in [0.15, 0.2) is 0 Å². The first-order valence-corrected chi connectivity index (χ1v) is 4.40. The summed E-state index contributed by atoms with van der Waals surface area (Å²) >= 11 is 1.83. The van der Waals surface area contributed by atoms with Gasteiger partial charge in [-0.05, 0) is 5.75 Å². The van der Waals surface area contributed by atoms with Crippen molar-refractivity contribution in [2.24, 2.45) is 0 Å². The zero-order chi connectivity index (χ0) is 6.69. The Kier molecular flexibility index (Phi) is 2.82. The Labute approximate surface area is 60.0 Å². The zero-order valence-electron chi connectivity index (χ0n) is 5.63. The highest BCUT2D eigenvalue weighted by atomic mass is 32.2. The van der Waals surface area contributed by atoms with E-state index in [1.165, 1.54) is 0 Å². The standard InChI is InChI=1S/C6H13NOS/c1-2-9-6-4-7-3-5(6)8/h5-8H,2-4H2,1H3/t5-,6-/m1/s1. The molecule has 2 atom stereocenters. The van der Waals surface area contributed by atoms with Crippen molar-refractivity contribution in [1.29, 1.82) is 0 Å². The van der Waals surface area contributed by atoms with Crippen molar-refractivity contribution in [3.8, 4) is 0 Å². The third-order valence-electron chi connectivity index (χ3n) is 1.51. The van der Waals surface area contributed by atoms with E-state index in [4.69, 9.17) is 0 Å². The molecule has 0 saturated carbocycles. The molecule has 2 nitrogen and oxygen atoms in total. The fourth-order valence-electron chi connectivity index (χ4n) is 1.03. The maximum Gasteiger partial charge on any atom is 0.0795 e. The lowest BCUT2D eigenvalue weighted by Gasteiger charge is -2.09. The summed E-state index contributed by atoms with van der Waals surface area (Å²) in [5.41, 5.74) is 0. The Morgan fingerprint density at radius 1 is 1.67 bits per heavy atom. The van der Waals surface area contributed by atoms with E-state index < -0.39 is 0 Å². The summed E-state index contributed by atoms with van der Waals surface area (Å²) in [5.74, 6) is 1.10. The van der Waals surface area contributed by atoms with E-state index in [0.717, 1.165) is 18.8 Å². The van der Waals surface area contributed by atoms with Crippen LogP contribution in [-0.2, 0) is 0 Å². The van der Waals surface area contributed by atoms with Gasteiger partial charge in [0.05, 0.1) is 6.10 Å². The van der Waals surface area contributed by atoms with Crippen LogP contribution in [0, 0.1) is 0 Å². The van der Waals surface area contributed by atoms with E-state index in [2.05, 4.69) is 12.2 Å². The number of hydrogen-bond donors (Lipinski definition) is 2. The summed E-state index contributed by atoms with van der Waals surface area (Å²) < 4.78 is 0. The van der Waals surface area contributed by atoms with Crippen LogP contribution >= 0.6 is 11.8 Å².